The Kier molecular flexibility index (Phi) is 9.91. The number of rotatable bonds is 10. The van der Waals surface area contributed by atoms with Gasteiger partial charge in [0, 0.05) is 29.8 Å². The minimum Gasteiger partial charge on any atom is -0.508 e. The molecule has 2 amide bonds. The van der Waals surface area contributed by atoms with Crippen molar-refractivity contribution in [3.8, 4) is 22.9 Å². The molecule has 0 saturated heterocycles. The molecule has 5 rings (SSSR count). The van der Waals surface area contributed by atoms with E-state index in [2.05, 4.69) is 10.6 Å². The summed E-state index contributed by atoms with van der Waals surface area (Å²) in [6, 6.07) is 24.8. The Morgan fingerprint density at radius 2 is 1.70 bits per heavy atom. The topological polar surface area (TPSA) is 120 Å². The number of carbonyl (C=O) groups is 1. The number of anilines is 1. The third-order valence-corrected chi connectivity index (χ3v) is 7.99. The number of hydrogen-bond acceptors (Lipinski definition) is 6. The highest BCUT2D eigenvalue weighted by Gasteiger charge is 2.22. The molecule has 5 aromatic rings. The Morgan fingerprint density at radius 3 is 2.40 bits per heavy atom. The number of pyridine rings is 1. The second kappa shape index (κ2) is 14.0. The summed E-state index contributed by atoms with van der Waals surface area (Å²) >= 11 is 6.51. The van der Waals surface area contributed by atoms with Crippen LogP contribution in [-0.4, -0.2) is 32.6 Å². The quantitative estimate of drug-likeness (QED) is 0.150. The zero-order valence-corrected chi connectivity index (χ0v) is 27.8. The Bertz CT molecular complexity index is 1940. The number of phenols is 1. The van der Waals surface area contributed by atoms with E-state index < -0.39 is 6.03 Å². The van der Waals surface area contributed by atoms with Crippen LogP contribution >= 0.6 is 11.6 Å². The van der Waals surface area contributed by atoms with E-state index in [-0.39, 0.29) is 40.6 Å². The average molecular weight is 656 g/mol. The van der Waals surface area contributed by atoms with Gasteiger partial charge in [-0.25, -0.2) is 9.48 Å². The van der Waals surface area contributed by atoms with E-state index in [4.69, 9.17) is 26.2 Å². The van der Waals surface area contributed by atoms with Gasteiger partial charge in [0.1, 0.15) is 34.7 Å². The first-order valence-electron chi connectivity index (χ1n) is 15.1. The number of urea groups is 1. The molecule has 10 nitrogen and oxygen atoms in total. The molecule has 244 valence electrons. The normalized spacial score (nSPS) is 11.3. The molecule has 2 heterocycles. The highest BCUT2D eigenvalue weighted by atomic mass is 35.5. The number of amides is 2. The minimum absolute atomic E-state index is 0.00616. The monoisotopic (exact) mass is 655 g/mol. The molecular weight excluding hydrogens is 618 g/mol. The Balaban J connectivity index is 1.27. The lowest BCUT2D eigenvalue weighted by molar-refractivity contribution is 0.251. The van der Waals surface area contributed by atoms with Crippen LogP contribution in [0.3, 0.4) is 0 Å². The van der Waals surface area contributed by atoms with Gasteiger partial charge in [-0.05, 0) is 60.0 Å². The van der Waals surface area contributed by atoms with Crippen LogP contribution in [0, 0.1) is 6.92 Å². The zero-order chi connectivity index (χ0) is 33.7. The van der Waals surface area contributed by atoms with Gasteiger partial charge in [-0.15, -0.1) is 0 Å². The molecule has 0 radical (unpaired) electrons. The molecule has 3 aromatic carbocycles. The highest BCUT2D eigenvalue weighted by molar-refractivity contribution is 6.31. The molecule has 0 fully saturated rings. The van der Waals surface area contributed by atoms with Crippen LogP contribution in [0.5, 0.6) is 17.2 Å². The number of phenolic OH excluding ortho intramolecular Hbond substituents is 1. The third kappa shape index (κ3) is 7.96. The number of hydrogen-bond donors (Lipinski definition) is 3. The summed E-state index contributed by atoms with van der Waals surface area (Å²) in [5.41, 5.74) is 4.15. The maximum absolute atomic E-state index is 13.2. The number of ether oxygens (including phenoxy) is 2. The molecule has 0 aliphatic rings. The summed E-state index contributed by atoms with van der Waals surface area (Å²) in [4.78, 5) is 26.3. The van der Waals surface area contributed by atoms with E-state index in [1.54, 1.807) is 46.7 Å². The first kappa shape index (κ1) is 33.2. The standard InChI is InChI=1S/C36H38ClN5O5/c1-23-17-30(33(37)34(44)41(23)21-24-9-8-12-29(18-24)46-5)47-22-26-11-7-6-10-25(26)20-38-35(45)39-32-19-31(36(2,3)4)40-42(32)27-13-15-28(43)16-14-27/h6-19,43H,20-22H2,1-5H3,(H2,38,39,45). The van der Waals surface area contributed by atoms with Crippen molar-refractivity contribution in [1.29, 1.82) is 0 Å². The molecule has 0 spiro atoms. The van der Waals surface area contributed by atoms with Crippen LogP contribution in [0.2, 0.25) is 5.02 Å². The predicted molar refractivity (Wildman–Crippen MR) is 183 cm³/mol. The van der Waals surface area contributed by atoms with Crippen LogP contribution < -0.4 is 25.7 Å². The number of aryl methyl sites for hydroxylation is 1. The van der Waals surface area contributed by atoms with E-state index in [0.717, 1.165) is 22.4 Å². The van der Waals surface area contributed by atoms with Crippen molar-refractivity contribution in [1.82, 2.24) is 19.7 Å². The smallest absolute Gasteiger partial charge is 0.320 e. The highest BCUT2D eigenvalue weighted by Crippen LogP contribution is 2.28. The van der Waals surface area contributed by atoms with Crippen molar-refractivity contribution < 1.29 is 19.4 Å². The summed E-state index contributed by atoms with van der Waals surface area (Å²) < 4.78 is 14.6. The third-order valence-electron chi connectivity index (χ3n) is 7.64. The maximum atomic E-state index is 13.2. The number of methoxy groups -OCH3 is 1. The van der Waals surface area contributed by atoms with Gasteiger partial charge in [-0.3, -0.25) is 10.1 Å². The Hall–Kier alpha value is -5.22. The fourth-order valence-corrected chi connectivity index (χ4v) is 5.17. The van der Waals surface area contributed by atoms with Gasteiger partial charge in [-0.2, -0.15) is 5.10 Å². The van der Waals surface area contributed by atoms with Crippen molar-refractivity contribution in [2.75, 3.05) is 12.4 Å². The second-order valence-electron chi connectivity index (χ2n) is 12.2. The second-order valence-corrected chi connectivity index (χ2v) is 12.5. The molecule has 0 unspecified atom stereocenters. The first-order chi connectivity index (χ1) is 22.4. The van der Waals surface area contributed by atoms with Gasteiger partial charge in [-0.1, -0.05) is 68.8 Å². The van der Waals surface area contributed by atoms with Crippen LogP contribution in [0.15, 0.2) is 89.7 Å². The van der Waals surface area contributed by atoms with Crippen molar-refractivity contribution in [2.45, 2.75) is 52.8 Å². The minimum atomic E-state index is -0.417. The molecule has 0 aliphatic heterocycles. The van der Waals surface area contributed by atoms with E-state index in [0.29, 0.717) is 29.5 Å². The predicted octanol–water partition coefficient (Wildman–Crippen LogP) is 6.96. The van der Waals surface area contributed by atoms with Crippen molar-refractivity contribution in [3.63, 3.8) is 0 Å². The lowest BCUT2D eigenvalue weighted by atomic mass is 9.92. The summed E-state index contributed by atoms with van der Waals surface area (Å²) in [6.07, 6.45) is 0. The number of aromatic nitrogens is 3. The molecule has 0 atom stereocenters. The lowest BCUT2D eigenvalue weighted by Gasteiger charge is -2.16. The number of nitrogens with one attached hydrogen (secondary N) is 2. The molecule has 0 bridgehead atoms. The van der Waals surface area contributed by atoms with Crippen LogP contribution in [0.4, 0.5) is 10.6 Å². The molecule has 0 saturated carbocycles. The van der Waals surface area contributed by atoms with Crippen molar-refractivity contribution >= 4 is 23.4 Å². The van der Waals surface area contributed by atoms with Gasteiger partial charge in [0.2, 0.25) is 0 Å². The summed E-state index contributed by atoms with van der Waals surface area (Å²) in [5, 5.41) is 20.3. The molecule has 47 heavy (non-hydrogen) atoms. The van der Waals surface area contributed by atoms with E-state index >= 15 is 0 Å². The Morgan fingerprint density at radius 1 is 0.979 bits per heavy atom. The van der Waals surface area contributed by atoms with E-state index in [1.165, 1.54) is 0 Å². The number of carbonyl (C=O) groups excluding carboxylic acids is 1. The van der Waals surface area contributed by atoms with Gasteiger partial charge in [0.25, 0.3) is 5.56 Å². The molecule has 11 heteroatoms. The summed E-state index contributed by atoms with van der Waals surface area (Å²) in [7, 11) is 1.60. The molecule has 0 aliphatic carbocycles. The average Bonchev–Trinajstić information content (AvgIpc) is 3.48. The van der Waals surface area contributed by atoms with Gasteiger partial charge < -0.3 is 24.5 Å². The Labute approximate surface area is 278 Å². The zero-order valence-electron chi connectivity index (χ0n) is 27.0. The summed E-state index contributed by atoms with van der Waals surface area (Å²) in [6.45, 7) is 8.66. The number of aromatic hydroxyl groups is 1. The van der Waals surface area contributed by atoms with Crippen LogP contribution in [-0.2, 0) is 25.1 Å². The number of benzene rings is 3. The lowest BCUT2D eigenvalue weighted by Crippen LogP contribution is -2.29. The van der Waals surface area contributed by atoms with Crippen LogP contribution in [0.1, 0.15) is 48.8 Å². The molecular formula is C36H38ClN5O5. The van der Waals surface area contributed by atoms with E-state index in [9.17, 15) is 14.7 Å². The number of halogens is 1. The molecule has 3 N–H and O–H groups in total. The van der Waals surface area contributed by atoms with Gasteiger partial charge >= 0.3 is 6.03 Å². The fourth-order valence-electron chi connectivity index (χ4n) is 4.96. The van der Waals surface area contributed by atoms with Gasteiger partial charge in [0.05, 0.1) is 25.0 Å². The first-order valence-corrected chi connectivity index (χ1v) is 15.5. The van der Waals surface area contributed by atoms with Crippen molar-refractivity contribution in [3.05, 3.63) is 128 Å². The largest absolute Gasteiger partial charge is 0.508 e. The fraction of sp³-hybridized carbons (Fsp3) is 0.250. The van der Waals surface area contributed by atoms with Crippen LogP contribution in [0.25, 0.3) is 5.69 Å². The van der Waals surface area contributed by atoms with Gasteiger partial charge in [0.15, 0.2) is 0 Å². The number of nitrogens with zero attached hydrogens (tertiary/aromatic N) is 3. The summed E-state index contributed by atoms with van der Waals surface area (Å²) in [5.74, 6) is 1.62. The van der Waals surface area contributed by atoms with E-state index in [1.807, 2.05) is 82.3 Å². The molecule has 2 aromatic heterocycles. The maximum Gasteiger partial charge on any atom is 0.320 e. The van der Waals surface area contributed by atoms with Crippen molar-refractivity contribution in [2.24, 2.45) is 0 Å². The SMILES string of the molecule is COc1cccc(Cn2c(C)cc(OCc3ccccc3CNC(=O)Nc3cc(C(C)(C)C)nn3-c3ccc(O)cc3)c(Cl)c2=O)c1.